The first-order chi connectivity index (χ1) is 10.5. The van der Waals surface area contributed by atoms with Gasteiger partial charge in [0.1, 0.15) is 10.6 Å². The summed E-state index contributed by atoms with van der Waals surface area (Å²) in [5.41, 5.74) is 2.84. The predicted octanol–water partition coefficient (Wildman–Crippen LogP) is 2.33. The SMILES string of the molecule is Cc1cccc(NC(=O)c2cn3nc(C)c(=O)nc3s2)c1C. The van der Waals surface area contributed by atoms with Crippen molar-refractivity contribution >= 4 is 27.9 Å². The first-order valence-electron chi connectivity index (χ1n) is 6.70. The van der Waals surface area contributed by atoms with Gasteiger partial charge in [-0.05, 0) is 38.0 Å². The molecule has 0 fully saturated rings. The number of fused-ring (bicyclic) bond motifs is 1. The number of nitrogens with one attached hydrogen (secondary N) is 1. The van der Waals surface area contributed by atoms with Crippen LogP contribution in [-0.4, -0.2) is 20.5 Å². The number of rotatable bonds is 2. The second-order valence-electron chi connectivity index (χ2n) is 5.03. The molecule has 0 bridgehead atoms. The lowest BCUT2D eigenvalue weighted by atomic mass is 10.1. The number of aryl methyl sites for hydroxylation is 2. The van der Waals surface area contributed by atoms with E-state index >= 15 is 0 Å². The van der Waals surface area contributed by atoms with Gasteiger partial charge < -0.3 is 5.32 Å². The lowest BCUT2D eigenvalue weighted by Gasteiger charge is -2.09. The van der Waals surface area contributed by atoms with Gasteiger partial charge in [0.2, 0.25) is 4.96 Å². The molecule has 0 radical (unpaired) electrons. The lowest BCUT2D eigenvalue weighted by molar-refractivity contribution is 0.103. The van der Waals surface area contributed by atoms with Crippen molar-refractivity contribution in [2.24, 2.45) is 0 Å². The first kappa shape index (κ1) is 14.4. The fourth-order valence-corrected chi connectivity index (χ4v) is 2.84. The van der Waals surface area contributed by atoms with Crippen LogP contribution >= 0.6 is 11.3 Å². The smallest absolute Gasteiger partial charge is 0.295 e. The van der Waals surface area contributed by atoms with Crippen molar-refractivity contribution in [3.63, 3.8) is 0 Å². The van der Waals surface area contributed by atoms with Crippen molar-refractivity contribution in [1.29, 1.82) is 0 Å². The van der Waals surface area contributed by atoms with Gasteiger partial charge in [0.25, 0.3) is 11.5 Å². The number of anilines is 1. The molecule has 7 heteroatoms. The third-order valence-corrected chi connectivity index (χ3v) is 4.45. The van der Waals surface area contributed by atoms with Crippen LogP contribution in [0.4, 0.5) is 5.69 Å². The van der Waals surface area contributed by atoms with E-state index in [1.807, 2.05) is 32.0 Å². The van der Waals surface area contributed by atoms with Crippen molar-refractivity contribution in [3.8, 4) is 0 Å². The van der Waals surface area contributed by atoms with Crippen molar-refractivity contribution < 1.29 is 4.79 Å². The molecule has 112 valence electrons. The minimum atomic E-state index is -0.372. The number of nitrogens with zero attached hydrogens (tertiary/aromatic N) is 3. The topological polar surface area (TPSA) is 76.4 Å². The van der Waals surface area contributed by atoms with Crippen LogP contribution in [0.5, 0.6) is 0 Å². The predicted molar refractivity (Wildman–Crippen MR) is 85.7 cm³/mol. The van der Waals surface area contributed by atoms with Crippen molar-refractivity contribution in [2.75, 3.05) is 5.32 Å². The first-order valence-corrected chi connectivity index (χ1v) is 7.52. The third-order valence-electron chi connectivity index (χ3n) is 3.48. The van der Waals surface area contributed by atoms with Crippen LogP contribution in [-0.2, 0) is 0 Å². The quantitative estimate of drug-likeness (QED) is 0.787. The molecule has 6 nitrogen and oxygen atoms in total. The Kier molecular flexibility index (Phi) is 3.50. The molecule has 0 spiro atoms. The largest absolute Gasteiger partial charge is 0.321 e. The van der Waals surface area contributed by atoms with Gasteiger partial charge in [0.15, 0.2) is 0 Å². The highest BCUT2D eigenvalue weighted by atomic mass is 32.1. The van der Waals surface area contributed by atoms with Crippen LogP contribution in [0.15, 0.2) is 29.2 Å². The maximum Gasteiger partial charge on any atom is 0.295 e. The summed E-state index contributed by atoms with van der Waals surface area (Å²) in [6.07, 6.45) is 1.58. The number of benzene rings is 1. The molecule has 0 aliphatic heterocycles. The summed E-state index contributed by atoms with van der Waals surface area (Å²) in [6, 6.07) is 5.75. The molecule has 1 amide bonds. The molecule has 0 saturated heterocycles. The molecule has 0 atom stereocenters. The monoisotopic (exact) mass is 314 g/mol. The van der Waals surface area contributed by atoms with E-state index in [0.717, 1.165) is 28.2 Å². The summed E-state index contributed by atoms with van der Waals surface area (Å²) in [5.74, 6) is -0.240. The number of amides is 1. The number of carbonyl (C=O) groups is 1. The number of carbonyl (C=O) groups excluding carboxylic acids is 1. The van der Waals surface area contributed by atoms with Gasteiger partial charge in [0.05, 0.1) is 6.20 Å². The van der Waals surface area contributed by atoms with Crippen molar-refractivity contribution in [1.82, 2.24) is 14.6 Å². The molecule has 22 heavy (non-hydrogen) atoms. The second-order valence-corrected chi connectivity index (χ2v) is 6.04. The van der Waals surface area contributed by atoms with Crippen LogP contribution in [0.25, 0.3) is 4.96 Å². The van der Waals surface area contributed by atoms with Gasteiger partial charge in [-0.3, -0.25) is 9.59 Å². The molecule has 1 N–H and O–H groups in total. The van der Waals surface area contributed by atoms with Gasteiger partial charge in [-0.1, -0.05) is 23.5 Å². The van der Waals surface area contributed by atoms with E-state index in [9.17, 15) is 9.59 Å². The average molecular weight is 314 g/mol. The number of aromatic nitrogens is 3. The Balaban J connectivity index is 1.95. The molecule has 0 saturated carbocycles. The van der Waals surface area contributed by atoms with Crippen LogP contribution < -0.4 is 10.9 Å². The van der Waals surface area contributed by atoms with E-state index < -0.39 is 0 Å². The number of hydrogen-bond acceptors (Lipinski definition) is 5. The minimum Gasteiger partial charge on any atom is -0.321 e. The minimum absolute atomic E-state index is 0.240. The van der Waals surface area contributed by atoms with Crippen LogP contribution in [0.2, 0.25) is 0 Å². The number of thiazole rings is 1. The molecule has 2 heterocycles. The van der Waals surface area contributed by atoms with E-state index in [1.165, 1.54) is 4.52 Å². The highest BCUT2D eigenvalue weighted by molar-refractivity contribution is 7.18. The maximum atomic E-state index is 12.4. The molecule has 1 aromatic carbocycles. The van der Waals surface area contributed by atoms with Gasteiger partial charge in [-0.15, -0.1) is 0 Å². The molecule has 0 aliphatic carbocycles. The zero-order valence-corrected chi connectivity index (χ0v) is 13.2. The molecule has 3 aromatic rings. The molecule has 2 aromatic heterocycles. The standard InChI is InChI=1S/C15H14N4O2S/c1-8-5-4-6-11(9(8)2)16-14(21)12-7-19-15(22-12)17-13(20)10(3)18-19/h4-7H,1-3H3,(H,16,21). The maximum absolute atomic E-state index is 12.4. The van der Waals surface area contributed by atoms with Gasteiger partial charge in [0, 0.05) is 5.69 Å². The zero-order valence-electron chi connectivity index (χ0n) is 12.4. The highest BCUT2D eigenvalue weighted by Gasteiger charge is 2.14. The summed E-state index contributed by atoms with van der Waals surface area (Å²) < 4.78 is 1.46. The molecule has 0 unspecified atom stereocenters. The van der Waals surface area contributed by atoms with E-state index in [-0.39, 0.29) is 11.5 Å². The summed E-state index contributed by atoms with van der Waals surface area (Å²) in [4.78, 5) is 28.6. The van der Waals surface area contributed by atoms with Crippen LogP contribution in [0.1, 0.15) is 26.5 Å². The van der Waals surface area contributed by atoms with Crippen LogP contribution in [0, 0.1) is 20.8 Å². The van der Waals surface area contributed by atoms with Gasteiger partial charge in [-0.25, -0.2) is 4.52 Å². The highest BCUT2D eigenvalue weighted by Crippen LogP contribution is 2.21. The number of hydrogen-bond donors (Lipinski definition) is 1. The Labute approximate surface area is 130 Å². The Hall–Kier alpha value is -2.54. The van der Waals surface area contributed by atoms with E-state index in [0.29, 0.717) is 15.5 Å². The molecular formula is C15H14N4O2S. The lowest BCUT2D eigenvalue weighted by Crippen LogP contribution is -2.14. The van der Waals surface area contributed by atoms with Crippen molar-refractivity contribution in [2.45, 2.75) is 20.8 Å². The average Bonchev–Trinajstić information content (AvgIpc) is 2.87. The molecule has 3 rings (SSSR count). The van der Waals surface area contributed by atoms with E-state index in [2.05, 4.69) is 15.4 Å². The van der Waals surface area contributed by atoms with Crippen molar-refractivity contribution in [3.05, 3.63) is 56.4 Å². The van der Waals surface area contributed by atoms with E-state index in [1.54, 1.807) is 13.1 Å². The summed E-state index contributed by atoms with van der Waals surface area (Å²) >= 11 is 1.13. The normalized spacial score (nSPS) is 10.9. The van der Waals surface area contributed by atoms with Gasteiger partial charge in [-0.2, -0.15) is 10.1 Å². The Morgan fingerprint density at radius 2 is 2.05 bits per heavy atom. The summed E-state index contributed by atoms with van der Waals surface area (Å²) in [6.45, 7) is 5.54. The Bertz CT molecular complexity index is 942. The Morgan fingerprint density at radius 1 is 1.27 bits per heavy atom. The summed E-state index contributed by atoms with van der Waals surface area (Å²) in [7, 11) is 0. The Morgan fingerprint density at radius 3 is 2.82 bits per heavy atom. The molecular weight excluding hydrogens is 300 g/mol. The molecule has 0 aliphatic rings. The van der Waals surface area contributed by atoms with E-state index in [4.69, 9.17) is 0 Å². The summed E-state index contributed by atoms with van der Waals surface area (Å²) in [5, 5.41) is 6.97. The van der Waals surface area contributed by atoms with Gasteiger partial charge >= 0.3 is 0 Å². The fraction of sp³-hybridized carbons (Fsp3) is 0.200. The fourth-order valence-electron chi connectivity index (χ4n) is 2.03. The second kappa shape index (κ2) is 5.34. The zero-order chi connectivity index (χ0) is 15.9. The third kappa shape index (κ3) is 2.50. The van der Waals surface area contributed by atoms with Crippen LogP contribution in [0.3, 0.4) is 0 Å².